The van der Waals surface area contributed by atoms with E-state index in [2.05, 4.69) is 234 Å². The molecule has 2 heterocycles. The molecule has 0 bridgehead atoms. The van der Waals surface area contributed by atoms with Gasteiger partial charge in [0.2, 0.25) is 0 Å². The number of hydrogen-bond acceptors (Lipinski definition) is 4. The van der Waals surface area contributed by atoms with Gasteiger partial charge in [0.05, 0.1) is 16.8 Å². The van der Waals surface area contributed by atoms with Crippen LogP contribution in [0.2, 0.25) is 0 Å². The summed E-state index contributed by atoms with van der Waals surface area (Å²) in [4.78, 5) is 4.85. The first-order valence-corrected chi connectivity index (χ1v) is 23.1. The van der Waals surface area contributed by atoms with Gasteiger partial charge in [0, 0.05) is 59.3 Å². The molecule has 2 aliphatic carbocycles. The fraction of sp³-hybridized carbons (Fsp3) is 0.0164. The minimum Gasteiger partial charge on any atom is -0.454 e. The Balaban J connectivity index is 1.03. The van der Waals surface area contributed by atoms with Crippen LogP contribution in [-0.4, -0.2) is 0 Å². The highest BCUT2D eigenvalue weighted by Crippen LogP contribution is 2.65. The minimum atomic E-state index is -0.590. The first kappa shape index (κ1) is 36.3. The van der Waals surface area contributed by atoms with E-state index in [1.807, 2.05) is 17.4 Å². The van der Waals surface area contributed by atoms with Crippen LogP contribution < -0.4 is 9.80 Å². The Morgan fingerprint density at radius 2 is 0.908 bits per heavy atom. The maximum Gasteiger partial charge on any atom is 0.159 e. The highest BCUT2D eigenvalue weighted by Gasteiger charge is 2.52. The van der Waals surface area contributed by atoms with Crippen LogP contribution in [0.5, 0.6) is 0 Å². The lowest BCUT2D eigenvalue weighted by atomic mass is 9.70. The number of fused-ring (bicyclic) bond motifs is 16. The van der Waals surface area contributed by atoms with Crippen molar-refractivity contribution in [3.63, 3.8) is 0 Å². The number of rotatable bonds is 6. The molecule has 2 aliphatic rings. The van der Waals surface area contributed by atoms with Gasteiger partial charge in [-0.1, -0.05) is 152 Å². The van der Waals surface area contributed by atoms with Crippen LogP contribution in [0.25, 0.3) is 64.4 Å². The summed E-state index contributed by atoms with van der Waals surface area (Å²) in [5.74, 6) is 0. The molecule has 0 radical (unpaired) electrons. The number of para-hydroxylation sites is 4. The lowest BCUT2D eigenvalue weighted by Crippen LogP contribution is -2.26. The van der Waals surface area contributed by atoms with Gasteiger partial charge in [-0.2, -0.15) is 0 Å². The van der Waals surface area contributed by atoms with E-state index in [4.69, 9.17) is 4.42 Å². The Hall–Kier alpha value is -8.18. The van der Waals surface area contributed by atoms with Gasteiger partial charge >= 0.3 is 0 Å². The van der Waals surface area contributed by atoms with Gasteiger partial charge in [0.15, 0.2) is 5.58 Å². The minimum absolute atomic E-state index is 0.590. The summed E-state index contributed by atoms with van der Waals surface area (Å²) in [6.45, 7) is 0. The molecule has 65 heavy (non-hydrogen) atoms. The van der Waals surface area contributed by atoms with E-state index in [9.17, 15) is 0 Å². The summed E-state index contributed by atoms with van der Waals surface area (Å²) in [5.41, 5.74) is 17.8. The summed E-state index contributed by atoms with van der Waals surface area (Å²) >= 11 is 1.86. The summed E-state index contributed by atoms with van der Waals surface area (Å²) < 4.78 is 9.39. The highest BCUT2D eigenvalue weighted by molar-refractivity contribution is 7.25. The van der Waals surface area contributed by atoms with Crippen molar-refractivity contribution >= 4 is 87.6 Å². The monoisotopic (exact) mass is 846 g/mol. The van der Waals surface area contributed by atoms with E-state index < -0.39 is 5.41 Å². The second-order valence-electron chi connectivity index (χ2n) is 17.1. The largest absolute Gasteiger partial charge is 0.454 e. The first-order chi connectivity index (χ1) is 32.3. The third kappa shape index (κ3) is 5.11. The summed E-state index contributed by atoms with van der Waals surface area (Å²) in [7, 11) is 0. The molecule has 3 nitrogen and oxygen atoms in total. The zero-order chi connectivity index (χ0) is 42.6. The molecule has 0 saturated carbocycles. The average molecular weight is 847 g/mol. The molecule has 4 heteroatoms. The van der Waals surface area contributed by atoms with Crippen molar-refractivity contribution in [3.8, 4) is 22.3 Å². The number of hydrogen-bond donors (Lipinski definition) is 0. The fourth-order valence-corrected chi connectivity index (χ4v) is 12.3. The van der Waals surface area contributed by atoms with Crippen LogP contribution in [0.3, 0.4) is 0 Å². The van der Waals surface area contributed by atoms with E-state index in [1.54, 1.807) is 0 Å². The Morgan fingerprint density at radius 1 is 0.338 bits per heavy atom. The van der Waals surface area contributed by atoms with Crippen molar-refractivity contribution in [1.29, 1.82) is 0 Å². The molecule has 1 unspecified atom stereocenters. The Bertz CT molecular complexity index is 3870. The van der Waals surface area contributed by atoms with Gasteiger partial charge in [-0.15, -0.1) is 11.3 Å². The molecule has 2 aromatic heterocycles. The quantitative estimate of drug-likeness (QED) is 0.166. The molecule has 0 fully saturated rings. The van der Waals surface area contributed by atoms with Crippen LogP contribution in [0, 0.1) is 0 Å². The van der Waals surface area contributed by atoms with E-state index in [0.29, 0.717) is 0 Å². The zero-order valence-electron chi connectivity index (χ0n) is 35.2. The van der Waals surface area contributed by atoms with Gasteiger partial charge < -0.3 is 14.2 Å². The zero-order valence-corrected chi connectivity index (χ0v) is 36.0. The van der Waals surface area contributed by atoms with Crippen LogP contribution >= 0.6 is 11.3 Å². The molecule has 10 aromatic carbocycles. The molecule has 1 atom stereocenters. The van der Waals surface area contributed by atoms with E-state index in [-0.39, 0.29) is 0 Å². The second-order valence-corrected chi connectivity index (χ2v) is 18.2. The van der Waals surface area contributed by atoms with Gasteiger partial charge in [-0.25, -0.2) is 0 Å². The van der Waals surface area contributed by atoms with Crippen LogP contribution in [0.1, 0.15) is 22.3 Å². The summed E-state index contributed by atoms with van der Waals surface area (Å²) in [5, 5.41) is 4.79. The van der Waals surface area contributed by atoms with Crippen molar-refractivity contribution in [1.82, 2.24) is 0 Å². The predicted molar refractivity (Wildman–Crippen MR) is 272 cm³/mol. The Morgan fingerprint density at radius 3 is 1.74 bits per heavy atom. The standard InChI is InChI=1S/C61H38N2OS/c1-3-17-39(18-4-1)62(41-34-36-58-49(37-41)46-23-10-14-32-57(46)65-58)42-33-35-44-43-21-7-11-26-50(43)61(53(44)38-42)51-27-12-8-24-48(51)59-52(61)28-16-29-54(59)63(40-19-5-2-6-20-40)55-30-15-25-47-45-22-9-13-31-56(45)64-60(47)55/h1-38H. The molecule has 14 rings (SSSR count). The average Bonchev–Trinajstić information content (AvgIpc) is 4.11. The molecule has 1 spiro atoms. The number of furan rings is 1. The Kier molecular flexibility index (Phi) is 7.77. The summed E-state index contributed by atoms with van der Waals surface area (Å²) in [6, 6.07) is 84.5. The first-order valence-electron chi connectivity index (χ1n) is 22.3. The lowest BCUT2D eigenvalue weighted by Gasteiger charge is -2.33. The number of anilines is 6. The molecule has 0 N–H and O–H groups in total. The second kappa shape index (κ2) is 13.9. The third-order valence-electron chi connectivity index (χ3n) is 13.8. The topological polar surface area (TPSA) is 19.6 Å². The maximum atomic E-state index is 6.79. The predicted octanol–water partition coefficient (Wildman–Crippen LogP) is 17.2. The van der Waals surface area contributed by atoms with E-state index in [1.165, 1.54) is 64.7 Å². The lowest BCUT2D eigenvalue weighted by molar-refractivity contribution is 0.669. The molecular weight excluding hydrogens is 809 g/mol. The van der Waals surface area contributed by atoms with E-state index >= 15 is 0 Å². The Labute approximate surface area is 380 Å². The van der Waals surface area contributed by atoms with Crippen molar-refractivity contribution < 1.29 is 4.42 Å². The molecule has 0 amide bonds. The van der Waals surface area contributed by atoms with Crippen molar-refractivity contribution in [2.45, 2.75) is 5.41 Å². The number of thiophene rings is 1. The van der Waals surface area contributed by atoms with Crippen molar-refractivity contribution in [3.05, 3.63) is 253 Å². The molecule has 0 aliphatic heterocycles. The molecule has 0 saturated heterocycles. The maximum absolute atomic E-state index is 6.79. The molecular formula is C61H38N2OS. The molecule has 12 aromatic rings. The van der Waals surface area contributed by atoms with Crippen LogP contribution in [0.4, 0.5) is 34.1 Å². The summed E-state index contributed by atoms with van der Waals surface area (Å²) in [6.07, 6.45) is 0. The highest BCUT2D eigenvalue weighted by atomic mass is 32.1. The van der Waals surface area contributed by atoms with Crippen molar-refractivity contribution in [2.75, 3.05) is 9.80 Å². The van der Waals surface area contributed by atoms with E-state index in [0.717, 1.165) is 56.1 Å². The fourth-order valence-electron chi connectivity index (χ4n) is 11.3. The normalized spacial score (nSPS) is 14.5. The SMILES string of the molecule is c1ccc(N(c2ccc3c(c2)C2(c4ccccc4-3)c3ccccc3-c3c(N(c4ccccc4)c4cccc5c4oc4ccccc45)cccc32)c2ccc3sc4ccccc4c3c2)cc1. The van der Waals surface area contributed by atoms with Gasteiger partial charge in [0.1, 0.15) is 5.58 Å². The number of benzene rings is 10. The number of nitrogens with zero attached hydrogens (tertiary/aromatic N) is 2. The van der Waals surface area contributed by atoms with Gasteiger partial charge in [-0.05, 0) is 118 Å². The van der Waals surface area contributed by atoms with Gasteiger partial charge in [0.25, 0.3) is 0 Å². The molecule has 304 valence electrons. The van der Waals surface area contributed by atoms with Crippen LogP contribution in [0.15, 0.2) is 235 Å². The van der Waals surface area contributed by atoms with Crippen molar-refractivity contribution in [2.24, 2.45) is 0 Å². The van der Waals surface area contributed by atoms with Crippen LogP contribution in [-0.2, 0) is 5.41 Å². The van der Waals surface area contributed by atoms with Gasteiger partial charge in [-0.3, -0.25) is 0 Å². The smallest absolute Gasteiger partial charge is 0.159 e. The third-order valence-corrected chi connectivity index (χ3v) is 15.0.